The zero-order chi connectivity index (χ0) is 16.5. The smallest absolute Gasteiger partial charge is 0.289 e. The lowest BCUT2D eigenvalue weighted by atomic mass is 9.85. The molecule has 0 saturated heterocycles. The first kappa shape index (κ1) is 16.7. The number of Topliss-reactive ketones (excluding diaryl/α,β-unsaturated/α-hetero) is 1. The molecule has 1 aliphatic rings. The molecular weight excluding hydrogens is 317 g/mol. The van der Waals surface area contributed by atoms with Gasteiger partial charge in [-0.15, -0.1) is 0 Å². The quantitative estimate of drug-likeness (QED) is 0.798. The number of carbonyl (C=O) groups excluding carboxylic acids is 1. The molecule has 0 radical (unpaired) electrons. The van der Waals surface area contributed by atoms with Gasteiger partial charge in [0.1, 0.15) is 0 Å². The predicted octanol–water partition coefficient (Wildman–Crippen LogP) is 3.32. The van der Waals surface area contributed by atoms with Crippen LogP contribution in [-0.2, 0) is 14.6 Å². The molecule has 1 aromatic rings. The van der Waals surface area contributed by atoms with Crippen molar-refractivity contribution < 1.29 is 26.4 Å². The van der Waals surface area contributed by atoms with Crippen LogP contribution in [0.1, 0.15) is 19.8 Å². The maximum atomic E-state index is 12.8. The molecule has 1 aliphatic carbocycles. The van der Waals surface area contributed by atoms with Crippen molar-refractivity contribution in [3.8, 4) is 0 Å². The number of sulfone groups is 1. The van der Waals surface area contributed by atoms with Gasteiger partial charge in [0.25, 0.3) is 0 Å². The molecule has 3 nitrogen and oxygen atoms in total. The van der Waals surface area contributed by atoms with Gasteiger partial charge in [0.05, 0.1) is 10.1 Å². The van der Waals surface area contributed by atoms with Crippen LogP contribution in [-0.4, -0.2) is 25.6 Å². The standard InChI is InChI=1S/C15H15F3O3S/c1-10-7-8-13(12(9-10)14(19)15(16,17)18)22(20,21)11-5-3-2-4-6-11/h2-7,12-13H,8-9H2,1H3/t12-,13-/m0/s1. The summed E-state index contributed by atoms with van der Waals surface area (Å²) in [6.45, 7) is 1.60. The molecule has 2 rings (SSSR count). The van der Waals surface area contributed by atoms with E-state index in [4.69, 9.17) is 0 Å². The number of alkyl halides is 3. The first-order chi connectivity index (χ1) is 10.1. The summed E-state index contributed by atoms with van der Waals surface area (Å²) in [6, 6.07) is 7.27. The van der Waals surface area contributed by atoms with Crippen LogP contribution >= 0.6 is 0 Å². The van der Waals surface area contributed by atoms with E-state index < -0.39 is 33.0 Å². The summed E-state index contributed by atoms with van der Waals surface area (Å²) in [5, 5.41) is -1.38. The maximum Gasteiger partial charge on any atom is 0.450 e. The van der Waals surface area contributed by atoms with Crippen LogP contribution in [0.2, 0.25) is 0 Å². The van der Waals surface area contributed by atoms with E-state index in [9.17, 15) is 26.4 Å². The normalized spacial score (nSPS) is 23.0. The minimum Gasteiger partial charge on any atom is -0.289 e. The molecule has 120 valence electrons. The minimum atomic E-state index is -5.03. The second-order valence-electron chi connectivity index (χ2n) is 5.36. The Labute approximate surface area is 126 Å². The number of carbonyl (C=O) groups is 1. The Morgan fingerprint density at radius 1 is 1.18 bits per heavy atom. The van der Waals surface area contributed by atoms with E-state index in [0.29, 0.717) is 5.57 Å². The number of allylic oxidation sites excluding steroid dienone is 2. The lowest BCUT2D eigenvalue weighted by Gasteiger charge is -2.29. The van der Waals surface area contributed by atoms with Crippen molar-refractivity contribution >= 4 is 15.6 Å². The van der Waals surface area contributed by atoms with Crippen molar-refractivity contribution in [1.29, 1.82) is 0 Å². The summed E-state index contributed by atoms with van der Waals surface area (Å²) >= 11 is 0. The Hall–Kier alpha value is -1.63. The van der Waals surface area contributed by atoms with Gasteiger partial charge in [-0.2, -0.15) is 13.2 Å². The summed E-state index contributed by atoms with van der Waals surface area (Å²) in [5.74, 6) is -3.56. The zero-order valence-corrected chi connectivity index (χ0v) is 12.6. The van der Waals surface area contributed by atoms with E-state index in [0.717, 1.165) is 0 Å². The van der Waals surface area contributed by atoms with Gasteiger partial charge >= 0.3 is 6.18 Å². The third kappa shape index (κ3) is 3.24. The number of hydrogen-bond acceptors (Lipinski definition) is 3. The van der Waals surface area contributed by atoms with Crippen LogP contribution in [0.15, 0.2) is 46.9 Å². The molecule has 0 N–H and O–H groups in total. The van der Waals surface area contributed by atoms with Gasteiger partial charge in [-0.25, -0.2) is 8.42 Å². The molecule has 0 heterocycles. The van der Waals surface area contributed by atoms with E-state index in [1.165, 1.54) is 24.3 Å². The van der Waals surface area contributed by atoms with Crippen LogP contribution in [0, 0.1) is 5.92 Å². The molecule has 1 aromatic carbocycles. The zero-order valence-electron chi connectivity index (χ0n) is 11.8. The average Bonchev–Trinajstić information content (AvgIpc) is 2.46. The van der Waals surface area contributed by atoms with Crippen LogP contribution in [0.4, 0.5) is 13.2 Å². The monoisotopic (exact) mass is 332 g/mol. The molecule has 0 aromatic heterocycles. The van der Waals surface area contributed by atoms with Gasteiger partial charge in [0, 0.05) is 5.92 Å². The lowest BCUT2D eigenvalue weighted by molar-refractivity contribution is -0.175. The molecule has 0 amide bonds. The Bertz CT molecular complexity index is 690. The van der Waals surface area contributed by atoms with E-state index in [2.05, 4.69) is 0 Å². The van der Waals surface area contributed by atoms with Crippen LogP contribution in [0.25, 0.3) is 0 Å². The molecule has 0 unspecified atom stereocenters. The fourth-order valence-corrected chi connectivity index (χ4v) is 4.53. The number of benzene rings is 1. The summed E-state index contributed by atoms with van der Waals surface area (Å²) in [6.07, 6.45) is -3.72. The lowest BCUT2D eigenvalue weighted by Crippen LogP contribution is -2.42. The molecule has 2 atom stereocenters. The van der Waals surface area contributed by atoms with Gasteiger partial charge in [0.15, 0.2) is 9.84 Å². The highest BCUT2D eigenvalue weighted by molar-refractivity contribution is 7.92. The Morgan fingerprint density at radius 2 is 1.77 bits per heavy atom. The fourth-order valence-electron chi connectivity index (χ4n) is 2.64. The summed E-state index contributed by atoms with van der Waals surface area (Å²) in [5.41, 5.74) is 0.599. The number of ketones is 1. The van der Waals surface area contributed by atoms with Crippen molar-refractivity contribution in [2.24, 2.45) is 5.92 Å². The molecule has 0 spiro atoms. The molecule has 0 aliphatic heterocycles. The van der Waals surface area contributed by atoms with Crippen LogP contribution in [0.3, 0.4) is 0 Å². The van der Waals surface area contributed by atoms with E-state index in [1.54, 1.807) is 19.1 Å². The van der Waals surface area contributed by atoms with Crippen molar-refractivity contribution in [3.63, 3.8) is 0 Å². The van der Waals surface area contributed by atoms with Crippen LogP contribution in [0.5, 0.6) is 0 Å². The van der Waals surface area contributed by atoms with Crippen molar-refractivity contribution in [2.45, 2.75) is 36.1 Å². The molecule has 0 saturated carbocycles. The largest absolute Gasteiger partial charge is 0.450 e. The third-order valence-electron chi connectivity index (χ3n) is 3.78. The maximum absolute atomic E-state index is 12.8. The summed E-state index contributed by atoms with van der Waals surface area (Å²) in [4.78, 5) is 11.6. The Balaban J connectivity index is 2.45. The molecule has 0 fully saturated rings. The van der Waals surface area contributed by atoms with E-state index in [-0.39, 0.29) is 17.7 Å². The highest BCUT2D eigenvalue weighted by atomic mass is 32.2. The molecular formula is C15H15F3O3S. The molecule has 22 heavy (non-hydrogen) atoms. The van der Waals surface area contributed by atoms with Gasteiger partial charge in [0.2, 0.25) is 5.78 Å². The van der Waals surface area contributed by atoms with Crippen molar-refractivity contribution in [1.82, 2.24) is 0 Å². The first-order valence-electron chi connectivity index (χ1n) is 6.69. The highest BCUT2D eigenvalue weighted by Crippen LogP contribution is 2.37. The predicted molar refractivity (Wildman–Crippen MR) is 75.0 cm³/mol. The highest BCUT2D eigenvalue weighted by Gasteiger charge is 2.50. The SMILES string of the molecule is CC1=CC[C@H](S(=O)(=O)c2ccccc2)[C@@H](C(=O)C(F)(F)F)C1. The Morgan fingerprint density at radius 3 is 2.32 bits per heavy atom. The second-order valence-corrected chi connectivity index (χ2v) is 7.52. The van der Waals surface area contributed by atoms with Crippen molar-refractivity contribution in [3.05, 3.63) is 42.0 Å². The number of halogens is 3. The summed E-state index contributed by atoms with van der Waals surface area (Å²) < 4.78 is 63.5. The van der Waals surface area contributed by atoms with Crippen molar-refractivity contribution in [2.75, 3.05) is 0 Å². The van der Waals surface area contributed by atoms with Crippen LogP contribution < -0.4 is 0 Å². The van der Waals surface area contributed by atoms with E-state index in [1.807, 2.05) is 0 Å². The van der Waals surface area contributed by atoms with Gasteiger partial charge < -0.3 is 0 Å². The Kier molecular flexibility index (Phi) is 4.47. The van der Waals surface area contributed by atoms with Gasteiger partial charge in [-0.3, -0.25) is 4.79 Å². The van der Waals surface area contributed by atoms with Gasteiger partial charge in [-0.05, 0) is 31.9 Å². The molecule has 0 bridgehead atoms. The molecule has 7 heteroatoms. The second kappa shape index (κ2) is 5.87. The number of rotatable bonds is 3. The summed E-state index contributed by atoms with van der Waals surface area (Å²) in [7, 11) is -4.01. The van der Waals surface area contributed by atoms with E-state index >= 15 is 0 Å². The third-order valence-corrected chi connectivity index (χ3v) is 6.02. The average molecular weight is 332 g/mol. The topological polar surface area (TPSA) is 51.2 Å². The minimum absolute atomic E-state index is 0.0621. The first-order valence-corrected chi connectivity index (χ1v) is 8.24. The van der Waals surface area contributed by atoms with Gasteiger partial charge in [-0.1, -0.05) is 29.8 Å². The number of hydrogen-bond donors (Lipinski definition) is 0. The fraction of sp³-hybridized carbons (Fsp3) is 0.400.